The Morgan fingerprint density at radius 2 is 1.64 bits per heavy atom. The summed E-state index contributed by atoms with van der Waals surface area (Å²) < 4.78 is 54.9. The summed E-state index contributed by atoms with van der Waals surface area (Å²) >= 11 is 0. The molecule has 1 heterocycles. The highest BCUT2D eigenvalue weighted by Crippen LogP contribution is 2.28. The number of aliphatic hydroxyl groups is 1. The highest BCUT2D eigenvalue weighted by molar-refractivity contribution is 6.06. The molecule has 0 unspecified atom stereocenters. The standard InChI is InChI=1S/C22H21F4N5O2/c1-12(22(2,3)33)28-20-27-9-8-18(29-20)31(15-6-4-13(23)5-7-15)21(32)30-19-16(25)10-14(24)11-17(19)26/h4-12,33H,1-3H3,(H,30,32)(H,27,28,29)/t12-/m0/s1. The number of hydrogen-bond acceptors (Lipinski definition) is 5. The summed E-state index contributed by atoms with van der Waals surface area (Å²) in [4.78, 5) is 22.3. The van der Waals surface area contributed by atoms with Crippen LogP contribution in [0.15, 0.2) is 48.7 Å². The molecule has 174 valence electrons. The van der Waals surface area contributed by atoms with Crippen LogP contribution in [-0.2, 0) is 0 Å². The third-order valence-corrected chi connectivity index (χ3v) is 4.80. The third-order valence-electron chi connectivity index (χ3n) is 4.80. The second-order valence-corrected chi connectivity index (χ2v) is 7.74. The Balaban J connectivity index is 2.00. The summed E-state index contributed by atoms with van der Waals surface area (Å²) in [6.07, 6.45) is 1.32. The van der Waals surface area contributed by atoms with Gasteiger partial charge in [0.1, 0.15) is 23.1 Å². The van der Waals surface area contributed by atoms with Crippen LogP contribution in [0.2, 0.25) is 0 Å². The number of aromatic nitrogens is 2. The van der Waals surface area contributed by atoms with Crippen LogP contribution in [0, 0.1) is 23.3 Å². The van der Waals surface area contributed by atoms with Gasteiger partial charge in [0.25, 0.3) is 0 Å². The van der Waals surface area contributed by atoms with E-state index in [9.17, 15) is 27.5 Å². The maximum atomic E-state index is 14.1. The van der Waals surface area contributed by atoms with Crippen LogP contribution in [-0.4, -0.2) is 32.7 Å². The molecule has 2 aromatic carbocycles. The van der Waals surface area contributed by atoms with Crippen LogP contribution in [0.25, 0.3) is 0 Å². The van der Waals surface area contributed by atoms with Gasteiger partial charge >= 0.3 is 6.03 Å². The number of rotatable bonds is 6. The van der Waals surface area contributed by atoms with E-state index in [0.29, 0.717) is 12.1 Å². The Hall–Kier alpha value is -3.73. The Kier molecular flexibility index (Phi) is 6.82. The maximum absolute atomic E-state index is 14.1. The molecule has 33 heavy (non-hydrogen) atoms. The lowest BCUT2D eigenvalue weighted by Crippen LogP contribution is -2.40. The van der Waals surface area contributed by atoms with Gasteiger partial charge < -0.3 is 15.7 Å². The third kappa shape index (κ3) is 5.75. The first-order chi connectivity index (χ1) is 15.5. The number of anilines is 4. The molecule has 1 aromatic heterocycles. The fourth-order valence-corrected chi connectivity index (χ4v) is 2.68. The average molecular weight is 463 g/mol. The van der Waals surface area contributed by atoms with Gasteiger partial charge in [-0.25, -0.2) is 32.2 Å². The molecule has 0 spiro atoms. The van der Waals surface area contributed by atoms with Gasteiger partial charge in [-0.1, -0.05) is 0 Å². The van der Waals surface area contributed by atoms with E-state index in [2.05, 4.69) is 20.6 Å². The first-order valence-corrected chi connectivity index (χ1v) is 9.79. The number of urea groups is 1. The number of carbonyl (C=O) groups excluding carboxylic acids is 1. The largest absolute Gasteiger partial charge is 0.388 e. The van der Waals surface area contributed by atoms with Crippen molar-refractivity contribution < 1.29 is 27.5 Å². The van der Waals surface area contributed by atoms with Crippen LogP contribution < -0.4 is 15.5 Å². The Morgan fingerprint density at radius 3 is 2.21 bits per heavy atom. The van der Waals surface area contributed by atoms with Crippen LogP contribution in [0.1, 0.15) is 20.8 Å². The zero-order valence-corrected chi connectivity index (χ0v) is 17.9. The van der Waals surface area contributed by atoms with Crippen molar-refractivity contribution in [3.05, 3.63) is 71.9 Å². The summed E-state index contributed by atoms with van der Waals surface area (Å²) in [6, 6.07) is 5.37. The first-order valence-electron chi connectivity index (χ1n) is 9.79. The summed E-state index contributed by atoms with van der Waals surface area (Å²) in [5, 5.41) is 15.1. The van der Waals surface area contributed by atoms with Gasteiger partial charge in [0, 0.05) is 24.4 Å². The Morgan fingerprint density at radius 1 is 1.03 bits per heavy atom. The minimum atomic E-state index is -1.32. The van der Waals surface area contributed by atoms with Crippen molar-refractivity contribution in [1.29, 1.82) is 0 Å². The fraction of sp³-hybridized carbons (Fsp3) is 0.227. The maximum Gasteiger partial charge on any atom is 0.332 e. The number of carbonyl (C=O) groups is 1. The summed E-state index contributed by atoms with van der Waals surface area (Å²) in [5.74, 6) is -4.32. The molecule has 0 aliphatic rings. The van der Waals surface area contributed by atoms with E-state index in [1.165, 1.54) is 24.4 Å². The van der Waals surface area contributed by atoms with Gasteiger partial charge in [-0.2, -0.15) is 4.98 Å². The van der Waals surface area contributed by atoms with E-state index >= 15 is 0 Å². The topological polar surface area (TPSA) is 90.4 Å². The van der Waals surface area contributed by atoms with E-state index in [0.717, 1.165) is 17.0 Å². The number of nitrogens with zero attached hydrogens (tertiary/aromatic N) is 3. The predicted octanol–water partition coefficient (Wildman–Crippen LogP) is 4.97. The number of halogens is 4. The molecule has 11 heteroatoms. The molecule has 0 saturated heterocycles. The fourth-order valence-electron chi connectivity index (χ4n) is 2.68. The highest BCUT2D eigenvalue weighted by Gasteiger charge is 2.25. The molecule has 3 N–H and O–H groups in total. The highest BCUT2D eigenvalue weighted by atomic mass is 19.1. The predicted molar refractivity (Wildman–Crippen MR) is 115 cm³/mol. The van der Waals surface area contributed by atoms with Crippen LogP contribution in [0.5, 0.6) is 0 Å². The van der Waals surface area contributed by atoms with Gasteiger partial charge in [0.05, 0.1) is 17.3 Å². The minimum Gasteiger partial charge on any atom is -0.388 e. The SMILES string of the molecule is C[C@H](Nc1nccc(N(C(=O)Nc2c(F)cc(F)cc2F)c2ccc(F)cc2)n1)C(C)(C)O. The van der Waals surface area contributed by atoms with E-state index < -0.39 is 46.6 Å². The van der Waals surface area contributed by atoms with Crippen molar-refractivity contribution in [1.82, 2.24) is 9.97 Å². The molecule has 0 radical (unpaired) electrons. The molecule has 1 atom stereocenters. The lowest BCUT2D eigenvalue weighted by Gasteiger charge is -2.27. The van der Waals surface area contributed by atoms with E-state index in [1.807, 2.05) is 0 Å². The van der Waals surface area contributed by atoms with Crippen molar-refractivity contribution in [2.75, 3.05) is 15.5 Å². The van der Waals surface area contributed by atoms with Crippen LogP contribution in [0.4, 0.5) is 45.5 Å². The second-order valence-electron chi connectivity index (χ2n) is 7.74. The normalized spacial score (nSPS) is 12.2. The number of hydrogen-bond donors (Lipinski definition) is 3. The van der Waals surface area contributed by atoms with Crippen LogP contribution >= 0.6 is 0 Å². The monoisotopic (exact) mass is 463 g/mol. The summed E-state index contributed by atoms with van der Waals surface area (Å²) in [6.45, 7) is 4.86. The molecular formula is C22H21F4N5O2. The molecule has 0 bridgehead atoms. The molecule has 0 fully saturated rings. The van der Waals surface area contributed by atoms with E-state index in [-0.39, 0.29) is 17.5 Å². The molecule has 0 saturated carbocycles. The average Bonchev–Trinajstić information content (AvgIpc) is 2.72. The molecule has 0 aliphatic heterocycles. The van der Waals surface area contributed by atoms with Gasteiger partial charge in [0.15, 0.2) is 11.6 Å². The van der Waals surface area contributed by atoms with Crippen LogP contribution in [0.3, 0.4) is 0 Å². The van der Waals surface area contributed by atoms with E-state index in [4.69, 9.17) is 0 Å². The lowest BCUT2D eigenvalue weighted by atomic mass is 10.0. The minimum absolute atomic E-state index is 0.0255. The smallest absolute Gasteiger partial charge is 0.332 e. The van der Waals surface area contributed by atoms with Gasteiger partial charge in [-0.3, -0.25) is 0 Å². The quantitative estimate of drug-likeness (QED) is 0.449. The van der Waals surface area contributed by atoms with Crippen molar-refractivity contribution in [2.24, 2.45) is 0 Å². The van der Waals surface area contributed by atoms with Crippen molar-refractivity contribution >= 4 is 29.2 Å². The Bertz CT molecular complexity index is 1130. The zero-order valence-electron chi connectivity index (χ0n) is 17.9. The van der Waals surface area contributed by atoms with Gasteiger partial charge in [-0.15, -0.1) is 0 Å². The Labute approximate surface area is 187 Å². The molecule has 7 nitrogen and oxygen atoms in total. The molecule has 0 aliphatic carbocycles. The summed E-state index contributed by atoms with van der Waals surface area (Å²) in [7, 11) is 0. The molecule has 3 rings (SSSR count). The number of benzene rings is 2. The van der Waals surface area contributed by atoms with Crippen molar-refractivity contribution in [2.45, 2.75) is 32.4 Å². The first kappa shape index (κ1) is 23.9. The number of amides is 2. The molecule has 2 amide bonds. The van der Waals surface area contributed by atoms with E-state index in [1.54, 1.807) is 20.8 Å². The van der Waals surface area contributed by atoms with Crippen molar-refractivity contribution in [3.63, 3.8) is 0 Å². The second kappa shape index (κ2) is 9.41. The molecular weight excluding hydrogens is 442 g/mol. The van der Waals surface area contributed by atoms with Gasteiger partial charge in [-0.05, 0) is 45.0 Å². The zero-order chi connectivity index (χ0) is 24.3. The summed E-state index contributed by atoms with van der Waals surface area (Å²) in [5.41, 5.74) is -1.86. The molecule has 3 aromatic rings. The number of nitrogens with one attached hydrogen (secondary N) is 2. The lowest BCUT2D eigenvalue weighted by molar-refractivity contribution is 0.0646. The van der Waals surface area contributed by atoms with Gasteiger partial charge in [0.2, 0.25) is 5.95 Å². The van der Waals surface area contributed by atoms with Crippen molar-refractivity contribution in [3.8, 4) is 0 Å².